The molecule has 0 fully saturated rings. The van der Waals surface area contributed by atoms with Crippen LogP contribution in [-0.2, 0) is 4.79 Å². The van der Waals surface area contributed by atoms with Crippen molar-refractivity contribution < 1.29 is 19.8 Å². The van der Waals surface area contributed by atoms with E-state index in [0.29, 0.717) is 5.56 Å². The second-order valence-corrected chi connectivity index (χ2v) is 4.18. The van der Waals surface area contributed by atoms with Crippen molar-refractivity contribution in [2.24, 2.45) is 0 Å². The van der Waals surface area contributed by atoms with Gasteiger partial charge in [-0.1, -0.05) is 17.7 Å². The standard InChI is InChI=1S/C13H18N2O4/c1-9-3-2-4-10(5-9)13(19)14-6-12(18)15-11(7-16)8-17/h2-5,11,16-17H,6-8H2,1H3,(H,14,19)(H,15,18). The van der Waals surface area contributed by atoms with E-state index in [4.69, 9.17) is 10.2 Å². The van der Waals surface area contributed by atoms with E-state index in [-0.39, 0.29) is 25.7 Å². The summed E-state index contributed by atoms with van der Waals surface area (Å²) in [6.45, 7) is 0.960. The Hall–Kier alpha value is -1.92. The highest BCUT2D eigenvalue weighted by atomic mass is 16.3. The summed E-state index contributed by atoms with van der Waals surface area (Å²) >= 11 is 0. The molecule has 4 N–H and O–H groups in total. The number of aryl methyl sites for hydroxylation is 1. The van der Waals surface area contributed by atoms with E-state index < -0.39 is 11.9 Å². The molecule has 0 atom stereocenters. The van der Waals surface area contributed by atoms with E-state index in [1.165, 1.54) is 0 Å². The van der Waals surface area contributed by atoms with Gasteiger partial charge in [0, 0.05) is 5.56 Å². The van der Waals surface area contributed by atoms with Crippen LogP contribution in [0.4, 0.5) is 0 Å². The molecule has 1 rings (SSSR count). The average Bonchev–Trinajstić information content (AvgIpc) is 2.42. The Balaban J connectivity index is 2.44. The van der Waals surface area contributed by atoms with E-state index >= 15 is 0 Å². The van der Waals surface area contributed by atoms with Crippen molar-refractivity contribution in [3.05, 3.63) is 35.4 Å². The maximum absolute atomic E-state index is 11.7. The fourth-order valence-electron chi connectivity index (χ4n) is 1.48. The van der Waals surface area contributed by atoms with Gasteiger partial charge in [0.05, 0.1) is 25.8 Å². The highest BCUT2D eigenvalue weighted by molar-refractivity contribution is 5.96. The minimum atomic E-state index is -0.705. The van der Waals surface area contributed by atoms with Crippen LogP contribution in [0.5, 0.6) is 0 Å². The van der Waals surface area contributed by atoms with Gasteiger partial charge in [-0.05, 0) is 19.1 Å². The van der Waals surface area contributed by atoms with E-state index in [0.717, 1.165) is 5.56 Å². The quantitative estimate of drug-likeness (QED) is 0.541. The summed E-state index contributed by atoms with van der Waals surface area (Å²) < 4.78 is 0. The van der Waals surface area contributed by atoms with Crippen LogP contribution >= 0.6 is 0 Å². The molecule has 0 radical (unpaired) electrons. The molecule has 0 heterocycles. The lowest BCUT2D eigenvalue weighted by atomic mass is 10.1. The van der Waals surface area contributed by atoms with Gasteiger partial charge in [0.25, 0.3) is 5.91 Å². The Morgan fingerprint density at radius 1 is 1.26 bits per heavy atom. The van der Waals surface area contributed by atoms with Gasteiger partial charge in [-0.15, -0.1) is 0 Å². The number of nitrogens with one attached hydrogen (secondary N) is 2. The minimum Gasteiger partial charge on any atom is -0.394 e. The number of hydrogen-bond acceptors (Lipinski definition) is 4. The van der Waals surface area contributed by atoms with Crippen LogP contribution in [0.15, 0.2) is 24.3 Å². The fourth-order valence-corrected chi connectivity index (χ4v) is 1.48. The zero-order valence-corrected chi connectivity index (χ0v) is 10.7. The van der Waals surface area contributed by atoms with Gasteiger partial charge in [0.15, 0.2) is 0 Å². The zero-order chi connectivity index (χ0) is 14.3. The smallest absolute Gasteiger partial charge is 0.251 e. The molecular formula is C13H18N2O4. The number of carbonyl (C=O) groups excluding carboxylic acids is 2. The Labute approximate surface area is 111 Å². The van der Waals surface area contributed by atoms with Gasteiger partial charge in [-0.2, -0.15) is 0 Å². The first-order valence-electron chi connectivity index (χ1n) is 5.92. The molecule has 6 nitrogen and oxygen atoms in total. The molecule has 6 heteroatoms. The number of amides is 2. The third kappa shape index (κ3) is 5.07. The third-order valence-corrected chi connectivity index (χ3v) is 2.50. The lowest BCUT2D eigenvalue weighted by molar-refractivity contribution is -0.121. The van der Waals surface area contributed by atoms with Gasteiger partial charge >= 0.3 is 0 Å². The van der Waals surface area contributed by atoms with E-state index in [9.17, 15) is 9.59 Å². The summed E-state index contributed by atoms with van der Waals surface area (Å²) in [6.07, 6.45) is 0. The number of carbonyl (C=O) groups is 2. The normalized spacial score (nSPS) is 10.3. The second kappa shape index (κ2) is 7.50. The predicted octanol–water partition coefficient (Wildman–Crippen LogP) is -0.806. The van der Waals surface area contributed by atoms with Crippen LogP contribution in [0.1, 0.15) is 15.9 Å². The van der Waals surface area contributed by atoms with Crippen LogP contribution in [0.2, 0.25) is 0 Å². The van der Waals surface area contributed by atoms with Gasteiger partial charge in [-0.25, -0.2) is 0 Å². The summed E-state index contributed by atoms with van der Waals surface area (Å²) in [7, 11) is 0. The van der Waals surface area contributed by atoms with Crippen LogP contribution in [0.25, 0.3) is 0 Å². The van der Waals surface area contributed by atoms with Crippen molar-refractivity contribution in [2.45, 2.75) is 13.0 Å². The predicted molar refractivity (Wildman–Crippen MR) is 69.6 cm³/mol. The highest BCUT2D eigenvalue weighted by Gasteiger charge is 2.11. The molecule has 0 bridgehead atoms. The molecule has 0 spiro atoms. The minimum absolute atomic E-state index is 0.205. The van der Waals surface area contributed by atoms with Gasteiger partial charge in [0.1, 0.15) is 0 Å². The Morgan fingerprint density at radius 2 is 1.95 bits per heavy atom. The molecule has 0 aromatic heterocycles. The summed E-state index contributed by atoms with van der Waals surface area (Å²) in [5, 5.41) is 22.4. The second-order valence-electron chi connectivity index (χ2n) is 4.18. The zero-order valence-electron chi connectivity index (χ0n) is 10.7. The topological polar surface area (TPSA) is 98.7 Å². The van der Waals surface area contributed by atoms with Crippen molar-refractivity contribution >= 4 is 11.8 Å². The van der Waals surface area contributed by atoms with Gasteiger partial charge in [0.2, 0.25) is 5.91 Å². The first-order chi connectivity index (χ1) is 9.06. The number of hydrogen-bond donors (Lipinski definition) is 4. The average molecular weight is 266 g/mol. The lowest BCUT2D eigenvalue weighted by Gasteiger charge is -2.13. The summed E-state index contributed by atoms with van der Waals surface area (Å²) in [4.78, 5) is 23.2. The molecule has 0 saturated carbocycles. The maximum atomic E-state index is 11.7. The SMILES string of the molecule is Cc1cccc(C(=O)NCC(=O)NC(CO)CO)c1. The molecule has 0 unspecified atom stereocenters. The third-order valence-electron chi connectivity index (χ3n) is 2.50. The molecule has 1 aromatic rings. The van der Waals surface area contributed by atoms with Crippen LogP contribution in [0, 0.1) is 6.92 Å². The molecule has 19 heavy (non-hydrogen) atoms. The molecule has 0 aliphatic rings. The van der Waals surface area contributed by atoms with E-state index in [1.807, 2.05) is 13.0 Å². The molecule has 2 amide bonds. The van der Waals surface area contributed by atoms with E-state index in [2.05, 4.69) is 10.6 Å². The van der Waals surface area contributed by atoms with Gasteiger partial charge in [-0.3, -0.25) is 9.59 Å². The number of aliphatic hydroxyl groups excluding tert-OH is 2. The molecule has 104 valence electrons. The van der Waals surface area contributed by atoms with E-state index in [1.54, 1.807) is 18.2 Å². The Kier molecular flexibility index (Phi) is 5.98. The number of rotatable bonds is 6. The summed E-state index contributed by atoms with van der Waals surface area (Å²) in [6, 6.07) is 6.31. The van der Waals surface area contributed by atoms with Crippen molar-refractivity contribution in [1.29, 1.82) is 0 Å². The highest BCUT2D eigenvalue weighted by Crippen LogP contribution is 2.03. The monoisotopic (exact) mass is 266 g/mol. The number of benzene rings is 1. The van der Waals surface area contributed by atoms with Crippen molar-refractivity contribution in [3.63, 3.8) is 0 Å². The lowest BCUT2D eigenvalue weighted by Crippen LogP contribution is -2.45. The Bertz CT molecular complexity index is 444. The van der Waals surface area contributed by atoms with Crippen molar-refractivity contribution in [2.75, 3.05) is 19.8 Å². The molecule has 0 aliphatic carbocycles. The van der Waals surface area contributed by atoms with Crippen LogP contribution < -0.4 is 10.6 Å². The molecular weight excluding hydrogens is 248 g/mol. The summed E-state index contributed by atoms with van der Waals surface area (Å²) in [5.41, 5.74) is 1.44. The van der Waals surface area contributed by atoms with Crippen molar-refractivity contribution in [1.82, 2.24) is 10.6 Å². The molecule has 0 aliphatic heterocycles. The largest absolute Gasteiger partial charge is 0.394 e. The summed E-state index contributed by atoms with van der Waals surface area (Å²) in [5.74, 6) is -0.808. The molecule has 1 aromatic carbocycles. The number of aliphatic hydroxyl groups is 2. The molecule has 0 saturated heterocycles. The van der Waals surface area contributed by atoms with Crippen LogP contribution in [0.3, 0.4) is 0 Å². The maximum Gasteiger partial charge on any atom is 0.251 e. The fraction of sp³-hybridized carbons (Fsp3) is 0.385. The van der Waals surface area contributed by atoms with Crippen molar-refractivity contribution in [3.8, 4) is 0 Å². The van der Waals surface area contributed by atoms with Gasteiger partial charge < -0.3 is 20.8 Å². The first kappa shape index (κ1) is 15.1. The Morgan fingerprint density at radius 3 is 2.53 bits per heavy atom. The van der Waals surface area contributed by atoms with Crippen LogP contribution in [-0.4, -0.2) is 47.8 Å². The first-order valence-corrected chi connectivity index (χ1v) is 5.92.